The predicted molar refractivity (Wildman–Crippen MR) is 66.4 cm³/mol. The molecule has 1 aromatic carbocycles. The Labute approximate surface area is 103 Å². The smallest absolute Gasteiger partial charge is 0.186 e. The lowest BCUT2D eigenvalue weighted by atomic mass is 10.2. The molecular weight excluding hydrogens is 244 g/mol. The zero-order valence-corrected chi connectivity index (χ0v) is 10.3. The Hall–Kier alpha value is -1.20. The van der Waals surface area contributed by atoms with Crippen LogP contribution in [0.3, 0.4) is 0 Å². The van der Waals surface area contributed by atoms with Crippen LogP contribution < -0.4 is 5.73 Å². The van der Waals surface area contributed by atoms with Crippen LogP contribution in [0.4, 0.5) is 5.69 Å². The highest BCUT2D eigenvalue weighted by Gasteiger charge is 2.05. The molecule has 6 heteroatoms. The zero-order valence-electron chi connectivity index (χ0n) is 8.72. The third-order valence-electron chi connectivity index (χ3n) is 2.10. The molecule has 0 spiro atoms. The SMILES string of the molecule is Cn1ncnc1SCc1cc(N)ccc1Cl. The molecule has 0 aliphatic carbocycles. The Morgan fingerprint density at radius 3 is 3.00 bits per heavy atom. The maximum atomic E-state index is 6.06. The summed E-state index contributed by atoms with van der Waals surface area (Å²) in [6.07, 6.45) is 1.53. The Morgan fingerprint density at radius 2 is 2.31 bits per heavy atom. The van der Waals surface area contributed by atoms with Gasteiger partial charge in [0.25, 0.3) is 0 Å². The highest BCUT2D eigenvalue weighted by atomic mass is 35.5. The van der Waals surface area contributed by atoms with Gasteiger partial charge in [0, 0.05) is 23.5 Å². The molecule has 0 unspecified atom stereocenters. The summed E-state index contributed by atoms with van der Waals surface area (Å²) < 4.78 is 1.73. The molecule has 2 N–H and O–H groups in total. The van der Waals surface area contributed by atoms with Crippen LogP contribution in [-0.4, -0.2) is 14.8 Å². The van der Waals surface area contributed by atoms with Crippen LogP contribution in [0, 0.1) is 0 Å². The highest BCUT2D eigenvalue weighted by molar-refractivity contribution is 7.98. The lowest BCUT2D eigenvalue weighted by molar-refractivity contribution is 0.685. The summed E-state index contributed by atoms with van der Waals surface area (Å²) in [6.45, 7) is 0. The maximum Gasteiger partial charge on any atom is 0.186 e. The van der Waals surface area contributed by atoms with Gasteiger partial charge in [-0.25, -0.2) is 9.67 Å². The minimum absolute atomic E-state index is 0.720. The third-order valence-corrected chi connectivity index (χ3v) is 3.55. The first-order chi connectivity index (χ1) is 7.66. The van der Waals surface area contributed by atoms with E-state index in [1.807, 2.05) is 19.2 Å². The molecule has 0 bridgehead atoms. The van der Waals surface area contributed by atoms with Crippen LogP contribution in [-0.2, 0) is 12.8 Å². The summed E-state index contributed by atoms with van der Waals surface area (Å²) in [5.41, 5.74) is 7.43. The van der Waals surface area contributed by atoms with E-state index in [0.717, 1.165) is 27.2 Å². The molecule has 84 valence electrons. The Morgan fingerprint density at radius 1 is 1.50 bits per heavy atom. The first-order valence-corrected chi connectivity index (χ1v) is 6.04. The van der Waals surface area contributed by atoms with Crippen LogP contribution in [0.25, 0.3) is 0 Å². The van der Waals surface area contributed by atoms with E-state index < -0.39 is 0 Å². The third kappa shape index (κ3) is 2.48. The zero-order chi connectivity index (χ0) is 11.5. The van der Waals surface area contributed by atoms with Gasteiger partial charge >= 0.3 is 0 Å². The van der Waals surface area contributed by atoms with E-state index in [0.29, 0.717) is 0 Å². The number of aryl methyl sites for hydroxylation is 1. The van der Waals surface area contributed by atoms with Crippen molar-refractivity contribution >= 4 is 29.1 Å². The molecule has 0 fully saturated rings. The maximum absolute atomic E-state index is 6.06. The van der Waals surface area contributed by atoms with E-state index in [1.165, 1.54) is 6.33 Å². The van der Waals surface area contributed by atoms with Crippen LogP contribution in [0.1, 0.15) is 5.56 Å². The second-order valence-electron chi connectivity index (χ2n) is 3.31. The Bertz CT molecular complexity index is 497. The van der Waals surface area contributed by atoms with Gasteiger partial charge < -0.3 is 5.73 Å². The fourth-order valence-electron chi connectivity index (χ4n) is 1.26. The number of nitrogen functional groups attached to an aromatic ring is 1. The second kappa shape index (κ2) is 4.76. The normalized spacial score (nSPS) is 10.6. The number of nitrogens with zero attached hydrogens (tertiary/aromatic N) is 3. The quantitative estimate of drug-likeness (QED) is 0.675. The molecule has 1 aromatic heterocycles. The molecule has 2 rings (SSSR count). The van der Waals surface area contributed by atoms with Crippen LogP contribution >= 0.6 is 23.4 Å². The van der Waals surface area contributed by atoms with E-state index in [9.17, 15) is 0 Å². The first-order valence-electron chi connectivity index (χ1n) is 4.67. The number of halogens is 1. The van der Waals surface area contributed by atoms with Crippen molar-refractivity contribution < 1.29 is 0 Å². The van der Waals surface area contributed by atoms with Gasteiger partial charge in [-0.1, -0.05) is 23.4 Å². The van der Waals surface area contributed by atoms with Gasteiger partial charge in [0.2, 0.25) is 0 Å². The summed E-state index contributed by atoms with van der Waals surface area (Å²) in [5, 5.41) is 5.58. The standard InChI is InChI=1S/C10H11ClN4S/c1-15-10(13-6-14-15)16-5-7-4-8(12)2-3-9(7)11/h2-4,6H,5,12H2,1H3. The van der Waals surface area contributed by atoms with Gasteiger partial charge in [-0.05, 0) is 23.8 Å². The molecule has 0 aliphatic heterocycles. The van der Waals surface area contributed by atoms with Crippen LogP contribution in [0.15, 0.2) is 29.7 Å². The summed E-state index contributed by atoms with van der Waals surface area (Å²) in [5.74, 6) is 0.733. The lowest BCUT2D eigenvalue weighted by Crippen LogP contribution is -1.94. The van der Waals surface area contributed by atoms with Crippen molar-refractivity contribution in [1.82, 2.24) is 14.8 Å². The molecule has 2 aromatic rings. The molecule has 0 atom stereocenters. The molecule has 0 saturated carbocycles. The Balaban J connectivity index is 2.10. The summed E-state index contributed by atoms with van der Waals surface area (Å²) >= 11 is 7.64. The summed E-state index contributed by atoms with van der Waals surface area (Å²) in [4.78, 5) is 4.12. The lowest BCUT2D eigenvalue weighted by Gasteiger charge is -2.04. The Kier molecular flexibility index (Phi) is 3.36. The number of nitrogens with two attached hydrogens (primary N) is 1. The molecule has 0 aliphatic rings. The van der Waals surface area contributed by atoms with Crippen LogP contribution in [0.2, 0.25) is 5.02 Å². The van der Waals surface area contributed by atoms with Gasteiger partial charge in [-0.3, -0.25) is 0 Å². The number of rotatable bonds is 3. The minimum atomic E-state index is 0.720. The number of hydrogen-bond donors (Lipinski definition) is 1. The van der Waals surface area contributed by atoms with Gasteiger partial charge in [-0.2, -0.15) is 5.10 Å². The van der Waals surface area contributed by atoms with Crippen molar-refractivity contribution in [1.29, 1.82) is 0 Å². The number of aromatic nitrogens is 3. The van der Waals surface area contributed by atoms with Gasteiger partial charge in [-0.15, -0.1) is 0 Å². The van der Waals surface area contributed by atoms with Crippen molar-refractivity contribution in [3.05, 3.63) is 35.1 Å². The van der Waals surface area contributed by atoms with E-state index in [-0.39, 0.29) is 0 Å². The van der Waals surface area contributed by atoms with Gasteiger partial charge in [0.05, 0.1) is 0 Å². The van der Waals surface area contributed by atoms with E-state index in [2.05, 4.69) is 10.1 Å². The number of hydrogen-bond acceptors (Lipinski definition) is 4. The molecule has 0 saturated heterocycles. The fourth-order valence-corrected chi connectivity index (χ4v) is 2.41. The average Bonchev–Trinajstić information content (AvgIpc) is 2.66. The first kappa shape index (κ1) is 11.3. The summed E-state index contributed by atoms with van der Waals surface area (Å²) in [7, 11) is 1.86. The average molecular weight is 255 g/mol. The highest BCUT2D eigenvalue weighted by Crippen LogP contribution is 2.26. The number of benzene rings is 1. The van der Waals surface area contributed by atoms with Crippen molar-refractivity contribution in [2.24, 2.45) is 7.05 Å². The van der Waals surface area contributed by atoms with Crippen molar-refractivity contribution in [2.45, 2.75) is 10.9 Å². The largest absolute Gasteiger partial charge is 0.399 e. The monoisotopic (exact) mass is 254 g/mol. The fraction of sp³-hybridized carbons (Fsp3) is 0.200. The van der Waals surface area contributed by atoms with Gasteiger partial charge in [0.15, 0.2) is 5.16 Å². The topological polar surface area (TPSA) is 56.7 Å². The van der Waals surface area contributed by atoms with Crippen molar-refractivity contribution in [2.75, 3.05) is 5.73 Å². The number of thioether (sulfide) groups is 1. The number of anilines is 1. The summed E-state index contributed by atoms with van der Waals surface area (Å²) in [6, 6.07) is 5.48. The molecular formula is C10H11ClN4S. The van der Waals surface area contributed by atoms with Crippen molar-refractivity contribution in [3.8, 4) is 0 Å². The molecule has 4 nitrogen and oxygen atoms in total. The molecule has 0 amide bonds. The molecule has 16 heavy (non-hydrogen) atoms. The predicted octanol–water partition coefficient (Wildman–Crippen LogP) is 2.34. The van der Waals surface area contributed by atoms with Crippen LogP contribution in [0.5, 0.6) is 0 Å². The molecule has 1 heterocycles. The molecule has 0 radical (unpaired) electrons. The van der Waals surface area contributed by atoms with E-state index in [1.54, 1.807) is 22.5 Å². The van der Waals surface area contributed by atoms with Crippen molar-refractivity contribution in [3.63, 3.8) is 0 Å². The minimum Gasteiger partial charge on any atom is -0.399 e. The van der Waals surface area contributed by atoms with E-state index in [4.69, 9.17) is 17.3 Å². The van der Waals surface area contributed by atoms with Gasteiger partial charge in [0.1, 0.15) is 6.33 Å². The second-order valence-corrected chi connectivity index (χ2v) is 4.66. The van der Waals surface area contributed by atoms with E-state index >= 15 is 0 Å².